The maximum absolute atomic E-state index is 13.9. The van der Waals surface area contributed by atoms with Gasteiger partial charge in [0.1, 0.15) is 11.6 Å². The van der Waals surface area contributed by atoms with E-state index >= 15 is 0 Å². The Hall–Kier alpha value is -1.74. The maximum Gasteiger partial charge on any atom is 0.131 e. The minimum Gasteiger partial charge on any atom is -0.320 e. The highest BCUT2D eigenvalue weighted by molar-refractivity contribution is 5.36. The lowest BCUT2D eigenvalue weighted by Crippen LogP contribution is -2.14. The van der Waals surface area contributed by atoms with Gasteiger partial charge in [-0.15, -0.1) is 0 Å². The Kier molecular flexibility index (Phi) is 5.07. The van der Waals surface area contributed by atoms with Crippen molar-refractivity contribution < 1.29 is 8.78 Å². The third kappa shape index (κ3) is 3.67. The van der Waals surface area contributed by atoms with Gasteiger partial charge in [0.05, 0.1) is 6.04 Å². The van der Waals surface area contributed by atoms with Crippen molar-refractivity contribution in [3.05, 3.63) is 70.3 Å². The summed E-state index contributed by atoms with van der Waals surface area (Å²) in [5, 5.41) is 0. The number of hydrogen-bond donors (Lipinski definition) is 1. The van der Waals surface area contributed by atoms with Crippen molar-refractivity contribution >= 4 is 0 Å². The van der Waals surface area contributed by atoms with Crippen LogP contribution in [0.5, 0.6) is 0 Å². The summed E-state index contributed by atoms with van der Waals surface area (Å²) in [6.07, 6.45) is 3.34. The summed E-state index contributed by atoms with van der Waals surface area (Å²) < 4.78 is 27.2. The van der Waals surface area contributed by atoms with Crippen LogP contribution in [0.3, 0.4) is 0 Å². The van der Waals surface area contributed by atoms with E-state index in [2.05, 4.69) is 6.92 Å². The second kappa shape index (κ2) is 6.81. The van der Waals surface area contributed by atoms with E-state index in [1.165, 1.54) is 11.6 Å². The molecule has 0 aliphatic rings. The van der Waals surface area contributed by atoms with Crippen molar-refractivity contribution in [2.45, 2.75) is 39.2 Å². The largest absolute Gasteiger partial charge is 0.320 e. The molecule has 0 bridgehead atoms. The molecule has 1 atom stereocenters. The van der Waals surface area contributed by atoms with Crippen LogP contribution >= 0.6 is 0 Å². The monoisotopic (exact) mass is 289 g/mol. The fourth-order valence-corrected chi connectivity index (χ4v) is 2.37. The van der Waals surface area contributed by atoms with Gasteiger partial charge in [-0.25, -0.2) is 8.78 Å². The van der Waals surface area contributed by atoms with Crippen LogP contribution in [0.15, 0.2) is 36.4 Å². The van der Waals surface area contributed by atoms with Gasteiger partial charge in [0.25, 0.3) is 0 Å². The lowest BCUT2D eigenvalue weighted by atomic mass is 9.96. The molecule has 1 unspecified atom stereocenters. The Morgan fingerprint density at radius 2 is 1.71 bits per heavy atom. The quantitative estimate of drug-likeness (QED) is 0.851. The Morgan fingerprint density at radius 3 is 2.33 bits per heavy atom. The summed E-state index contributed by atoms with van der Waals surface area (Å²) in [6, 6.07) is 9.71. The van der Waals surface area contributed by atoms with Crippen LogP contribution < -0.4 is 5.73 Å². The highest BCUT2D eigenvalue weighted by Crippen LogP contribution is 2.25. The van der Waals surface area contributed by atoms with Crippen LogP contribution in [0.1, 0.15) is 48.1 Å². The number of halogens is 2. The summed E-state index contributed by atoms with van der Waals surface area (Å²) in [7, 11) is 0. The fraction of sp³-hybridized carbons (Fsp3) is 0.333. The standard InChI is InChI=1S/C18H21F2N/c1-3-4-5-13-6-8-14(9-7-13)18(21)15-10-12(2)16(19)11-17(15)20/h6-11,18H,3-5,21H2,1-2H3. The van der Waals surface area contributed by atoms with Gasteiger partial charge in [-0.3, -0.25) is 0 Å². The average Bonchev–Trinajstić information content (AvgIpc) is 2.48. The Balaban J connectivity index is 2.23. The van der Waals surface area contributed by atoms with E-state index in [-0.39, 0.29) is 0 Å². The minimum atomic E-state index is -0.597. The molecule has 21 heavy (non-hydrogen) atoms. The molecule has 1 nitrogen and oxygen atoms in total. The molecule has 112 valence electrons. The fourth-order valence-electron chi connectivity index (χ4n) is 2.37. The SMILES string of the molecule is CCCCc1ccc(C(N)c2cc(C)c(F)cc2F)cc1. The van der Waals surface area contributed by atoms with Gasteiger partial charge in [0.15, 0.2) is 0 Å². The van der Waals surface area contributed by atoms with Crippen LogP contribution in [-0.2, 0) is 6.42 Å². The molecule has 2 rings (SSSR count). The smallest absolute Gasteiger partial charge is 0.131 e. The van der Waals surface area contributed by atoms with Crippen LogP contribution in [0.4, 0.5) is 8.78 Å². The molecule has 0 aliphatic heterocycles. The van der Waals surface area contributed by atoms with Crippen LogP contribution in [-0.4, -0.2) is 0 Å². The van der Waals surface area contributed by atoms with E-state index in [1.54, 1.807) is 6.92 Å². The van der Waals surface area contributed by atoms with Gasteiger partial charge in [0.2, 0.25) is 0 Å². The molecule has 0 fully saturated rings. The van der Waals surface area contributed by atoms with E-state index in [9.17, 15) is 8.78 Å². The summed E-state index contributed by atoms with van der Waals surface area (Å²) in [6.45, 7) is 3.77. The zero-order chi connectivity index (χ0) is 15.4. The Bertz CT molecular complexity index is 605. The molecule has 3 heteroatoms. The van der Waals surface area contributed by atoms with Crippen molar-refractivity contribution in [2.75, 3.05) is 0 Å². The second-order valence-corrected chi connectivity index (χ2v) is 5.45. The Morgan fingerprint density at radius 1 is 1.05 bits per heavy atom. The van der Waals surface area contributed by atoms with Crippen molar-refractivity contribution in [2.24, 2.45) is 5.73 Å². The first-order valence-electron chi connectivity index (χ1n) is 7.33. The number of nitrogens with two attached hydrogens (primary N) is 1. The van der Waals surface area contributed by atoms with Gasteiger partial charge in [-0.2, -0.15) is 0 Å². The van der Waals surface area contributed by atoms with E-state index in [0.717, 1.165) is 30.9 Å². The van der Waals surface area contributed by atoms with Gasteiger partial charge in [-0.05, 0) is 42.5 Å². The number of benzene rings is 2. The van der Waals surface area contributed by atoms with E-state index < -0.39 is 17.7 Å². The summed E-state index contributed by atoms with van der Waals surface area (Å²) in [5.74, 6) is -1.14. The van der Waals surface area contributed by atoms with E-state index in [0.29, 0.717) is 11.1 Å². The van der Waals surface area contributed by atoms with Gasteiger partial charge >= 0.3 is 0 Å². The summed E-state index contributed by atoms with van der Waals surface area (Å²) in [4.78, 5) is 0. The second-order valence-electron chi connectivity index (χ2n) is 5.45. The molecular weight excluding hydrogens is 268 g/mol. The predicted molar refractivity (Wildman–Crippen MR) is 82.2 cm³/mol. The zero-order valence-electron chi connectivity index (χ0n) is 12.5. The summed E-state index contributed by atoms with van der Waals surface area (Å²) in [5.41, 5.74) is 8.94. The molecule has 0 saturated carbocycles. The first kappa shape index (κ1) is 15.6. The molecular formula is C18H21F2N. The molecule has 0 amide bonds. The van der Waals surface area contributed by atoms with Gasteiger partial charge in [0, 0.05) is 11.6 Å². The maximum atomic E-state index is 13.9. The number of unbranched alkanes of at least 4 members (excludes halogenated alkanes) is 1. The summed E-state index contributed by atoms with van der Waals surface area (Å²) >= 11 is 0. The normalized spacial score (nSPS) is 12.4. The number of aryl methyl sites for hydroxylation is 2. The first-order valence-corrected chi connectivity index (χ1v) is 7.33. The van der Waals surface area contributed by atoms with Crippen LogP contribution in [0.2, 0.25) is 0 Å². The molecule has 0 heterocycles. The predicted octanol–water partition coefficient (Wildman–Crippen LogP) is 4.66. The lowest BCUT2D eigenvalue weighted by Gasteiger charge is -2.15. The molecule has 0 aromatic heterocycles. The zero-order valence-corrected chi connectivity index (χ0v) is 12.5. The first-order chi connectivity index (χ1) is 10.0. The average molecular weight is 289 g/mol. The van der Waals surface area contributed by atoms with Crippen LogP contribution in [0, 0.1) is 18.6 Å². The topological polar surface area (TPSA) is 26.0 Å². The number of hydrogen-bond acceptors (Lipinski definition) is 1. The molecule has 0 saturated heterocycles. The highest BCUT2D eigenvalue weighted by atomic mass is 19.1. The molecule has 0 radical (unpaired) electrons. The van der Waals surface area contributed by atoms with Crippen molar-refractivity contribution in [3.63, 3.8) is 0 Å². The Labute approximate surface area is 124 Å². The molecule has 2 aromatic rings. The minimum absolute atomic E-state index is 0.329. The third-order valence-electron chi connectivity index (χ3n) is 3.77. The van der Waals surface area contributed by atoms with Crippen LogP contribution in [0.25, 0.3) is 0 Å². The van der Waals surface area contributed by atoms with Gasteiger partial charge in [-0.1, -0.05) is 37.6 Å². The molecule has 2 aromatic carbocycles. The number of rotatable bonds is 5. The third-order valence-corrected chi connectivity index (χ3v) is 3.77. The van der Waals surface area contributed by atoms with Crippen molar-refractivity contribution in [1.29, 1.82) is 0 Å². The van der Waals surface area contributed by atoms with E-state index in [4.69, 9.17) is 5.73 Å². The van der Waals surface area contributed by atoms with Crippen molar-refractivity contribution in [3.8, 4) is 0 Å². The molecule has 0 aliphatic carbocycles. The van der Waals surface area contributed by atoms with Gasteiger partial charge < -0.3 is 5.73 Å². The molecule has 0 spiro atoms. The van der Waals surface area contributed by atoms with Crippen molar-refractivity contribution in [1.82, 2.24) is 0 Å². The van der Waals surface area contributed by atoms with E-state index in [1.807, 2.05) is 24.3 Å². The highest BCUT2D eigenvalue weighted by Gasteiger charge is 2.15. The molecule has 2 N–H and O–H groups in total. The lowest BCUT2D eigenvalue weighted by molar-refractivity contribution is 0.561.